The number of nitrogens with one attached hydrogen (secondary N) is 8. The minimum absolute atomic E-state index is 0.0555. The van der Waals surface area contributed by atoms with Crippen LogP contribution < -0.4 is 65.5 Å². The van der Waals surface area contributed by atoms with Gasteiger partial charge in [-0.3, -0.25) is 28.9 Å². The van der Waals surface area contributed by atoms with E-state index in [0.29, 0.717) is 76.5 Å². The van der Waals surface area contributed by atoms with Gasteiger partial charge >= 0.3 is 0 Å². The molecule has 18 aromatic rings. The van der Waals surface area contributed by atoms with Crippen LogP contribution in [0.2, 0.25) is 0 Å². The Morgan fingerprint density at radius 3 is 1.27 bits per heavy atom. The summed E-state index contributed by atoms with van der Waals surface area (Å²) in [6, 6.07) is 15.5. The Kier molecular flexibility index (Phi) is 32.3. The molecule has 25 rings (SSSR count). The summed E-state index contributed by atoms with van der Waals surface area (Å²) in [5.74, 6) is 6.62. The highest BCUT2D eigenvalue weighted by Gasteiger charge is 2.32. The van der Waals surface area contributed by atoms with Crippen LogP contribution in [0.4, 0.5) is 34.9 Å². The second kappa shape index (κ2) is 47.2. The average molecular weight is 2200 g/mol. The first-order valence-corrected chi connectivity index (χ1v) is 53.1. The minimum atomic E-state index is 0.0555. The van der Waals surface area contributed by atoms with Gasteiger partial charge in [0.1, 0.15) is 51.8 Å². The number of anilines is 6. The number of rotatable bonds is 20. The highest BCUT2D eigenvalue weighted by molar-refractivity contribution is 9.11. The van der Waals surface area contributed by atoms with Crippen molar-refractivity contribution in [3.05, 3.63) is 201 Å². The summed E-state index contributed by atoms with van der Waals surface area (Å²) < 4.78 is 29.1. The Morgan fingerprint density at radius 2 is 0.851 bits per heavy atom. The zero-order valence-corrected chi connectivity index (χ0v) is 87.6. The Hall–Kier alpha value is -13.8. The van der Waals surface area contributed by atoms with E-state index in [2.05, 4.69) is 164 Å². The number of hydrogen-bond donors (Lipinski definition) is 13. The van der Waals surface area contributed by atoms with Crippen molar-refractivity contribution in [2.45, 2.75) is 126 Å². The molecular formula is C101H122Br3N41O3. The summed E-state index contributed by atoms with van der Waals surface area (Å²) in [6.07, 6.45) is 44.0. The Labute approximate surface area is 878 Å². The topological polar surface area (TPSA) is 543 Å². The van der Waals surface area contributed by atoms with E-state index in [1.54, 1.807) is 89.3 Å². The summed E-state index contributed by atoms with van der Waals surface area (Å²) in [7, 11) is 3.84. The molecule has 0 aliphatic carbocycles. The van der Waals surface area contributed by atoms with Crippen LogP contribution >= 0.6 is 47.8 Å². The lowest BCUT2D eigenvalue weighted by Gasteiger charge is -2.27. The summed E-state index contributed by atoms with van der Waals surface area (Å²) in [5, 5.41) is 89.2. The second-order valence-corrected chi connectivity index (χ2v) is 40.3. The van der Waals surface area contributed by atoms with Crippen molar-refractivity contribution in [2.75, 3.05) is 165 Å². The molecule has 6 unspecified atom stereocenters. The maximum absolute atomic E-state index is 9.08. The summed E-state index contributed by atoms with van der Waals surface area (Å²) in [6.45, 7) is 20.9. The van der Waals surface area contributed by atoms with E-state index in [9.17, 15) is 0 Å². The maximum Gasteiger partial charge on any atom is 0.165 e. The van der Waals surface area contributed by atoms with E-state index < -0.39 is 0 Å². The van der Waals surface area contributed by atoms with Crippen molar-refractivity contribution in [3.63, 3.8) is 0 Å². The summed E-state index contributed by atoms with van der Waals surface area (Å²) in [5.41, 5.74) is 47.3. The van der Waals surface area contributed by atoms with Gasteiger partial charge in [0.25, 0.3) is 0 Å². The molecule has 770 valence electrons. The normalized spacial score (nSPS) is 18.7. The average Bonchev–Trinajstić information content (AvgIpc) is 1.59. The number of fused-ring (bicyclic) bond motifs is 6. The van der Waals surface area contributed by atoms with Gasteiger partial charge in [0, 0.05) is 239 Å². The molecule has 0 amide bonds. The number of aryl methyl sites for hydroxylation is 2. The third-order valence-electron chi connectivity index (χ3n) is 28.0. The van der Waals surface area contributed by atoms with E-state index in [0.717, 1.165) is 337 Å². The minimum Gasteiger partial charge on any atom is -0.394 e. The SMILES string of the molecule is CCNc1c(Br)c(C2CCCNC2)nc2c(-c3cnn(C)c3Br)cnn12.Cn1cc(-c2cnn3c(NCCN4CCOCC4)c(Br)c(C4CCCNC4)nc23)cn1.N#Cc1cncc(-c2cnn3c(N)cc(C4CCCNC4)nc23)c1.Nc1cc(C2CCCNC2)nc2c(-c3cccnc3)cnn12.Nc1cc(C2CCCNC2)nc2c(-c3cnn(CCO)c3)cnn12.Nc1cc(C2CCCNC2)nc2c(-c3cnoc3)cnn12. The number of aliphatic hydroxyl groups excluding tert-OH is 1. The molecular weight excluding hydrogens is 2080 g/mol. The van der Waals surface area contributed by atoms with Gasteiger partial charge in [0.15, 0.2) is 33.9 Å². The lowest BCUT2D eigenvalue weighted by Crippen LogP contribution is -2.39. The molecule has 0 saturated carbocycles. The Morgan fingerprint density at radius 1 is 0.432 bits per heavy atom. The largest absolute Gasteiger partial charge is 0.394 e. The molecule has 17 N–H and O–H groups in total. The van der Waals surface area contributed by atoms with Crippen LogP contribution in [-0.4, -0.2) is 273 Å². The smallest absolute Gasteiger partial charge is 0.165 e. The van der Waals surface area contributed by atoms with E-state index in [-0.39, 0.29) is 6.61 Å². The van der Waals surface area contributed by atoms with Gasteiger partial charge in [-0.25, -0.2) is 29.9 Å². The zero-order chi connectivity index (χ0) is 102. The quantitative estimate of drug-likeness (QED) is 0.0337. The number of aliphatic hydroxyl groups is 1. The Balaban J connectivity index is 0.000000108. The van der Waals surface area contributed by atoms with Crippen LogP contribution in [0.15, 0.2) is 166 Å². The number of hydrogen-bond acceptors (Lipinski definition) is 35. The number of nitrogens with zero attached hydrogens (tertiary/aromatic N) is 29. The van der Waals surface area contributed by atoms with Gasteiger partial charge < -0.3 is 79.8 Å². The number of halogens is 3. The number of morpholine rings is 1. The van der Waals surface area contributed by atoms with Crippen LogP contribution in [0.3, 0.4) is 0 Å². The standard InChI is InChI=1S/C21H29BrN8O.C17H21Br2N7.C17H17N7.C16H21N7O.C16H18N6.C14H16N6O/c1-28-14-16(12-25-28)17-13-26-30-20(17)27-19(15-3-2-4-23-11-15)18(22)21(30)24-5-6-29-7-9-31-10-8-29;1-3-21-17-13(18)14(10-5-4-6-20-7-10)24-16-12(9-23-26(16)17)11-8-22-25(2)15(11)19;18-6-11-4-13(9-21-7-11)14-10-22-24-16(19)5-15(23-17(14)24)12-2-1-3-20-8-12;17-15-6-14(11-2-1-3-18-7-11)21-16-13(9-20-23(15)16)12-8-19-22(10-12)4-5-24;17-15-7-14(12-4-2-6-19-9-12)21-16-13(10-20-22(15)16)11-3-1-5-18-8-11;15-13-4-12(9-2-1-3-16-5-9)19-14-11(7-17-20(13)14)10-6-18-21-8-10/h12-15,23-24H,2-11H2,1H3;8-10,20-21H,3-7H2,1-2H3;4-5,7,9-10,12,20H,1-3,8,19H2;6,8-11,18,24H,1-5,7,17H2;1,3,5,7-8,10,12,19H,2,4,6,9,17H2;4,6-9,16H,1-3,5,15H2. The van der Waals surface area contributed by atoms with Crippen molar-refractivity contribution in [3.8, 4) is 72.8 Å². The molecule has 7 saturated heterocycles. The fourth-order valence-corrected chi connectivity index (χ4v) is 22.1. The van der Waals surface area contributed by atoms with Crippen LogP contribution in [0.25, 0.3) is 101 Å². The number of ether oxygens (including phenoxy) is 1. The number of nitrogen functional groups attached to an aromatic ring is 4. The third-order valence-corrected chi connectivity index (χ3v) is 30.5. The lowest BCUT2D eigenvalue weighted by molar-refractivity contribution is 0.0398. The molecule has 7 fully saturated rings. The number of piperidine rings is 6. The van der Waals surface area contributed by atoms with Gasteiger partial charge in [0.05, 0.1) is 148 Å². The summed E-state index contributed by atoms with van der Waals surface area (Å²) >= 11 is 11.3. The molecule has 0 radical (unpaired) electrons. The summed E-state index contributed by atoms with van der Waals surface area (Å²) in [4.78, 5) is 40.2. The molecule has 7 aliphatic rings. The van der Waals surface area contributed by atoms with E-state index in [1.807, 2.05) is 108 Å². The van der Waals surface area contributed by atoms with Crippen LogP contribution in [-0.2, 0) is 25.4 Å². The molecule has 44 nitrogen and oxygen atoms in total. The second-order valence-electron chi connectivity index (χ2n) is 38.0. The molecule has 25 heterocycles. The van der Waals surface area contributed by atoms with E-state index in [4.69, 9.17) is 77.6 Å². The first kappa shape index (κ1) is 101. The van der Waals surface area contributed by atoms with Crippen LogP contribution in [0, 0.1) is 11.3 Å². The maximum atomic E-state index is 9.08. The molecule has 148 heavy (non-hydrogen) atoms. The molecule has 0 spiro atoms. The molecule has 0 aromatic carbocycles. The zero-order valence-electron chi connectivity index (χ0n) is 82.8. The van der Waals surface area contributed by atoms with Gasteiger partial charge in [0.2, 0.25) is 0 Å². The van der Waals surface area contributed by atoms with E-state index >= 15 is 0 Å². The fourth-order valence-electron chi connectivity index (χ4n) is 20.2. The first-order valence-electron chi connectivity index (χ1n) is 50.7. The van der Waals surface area contributed by atoms with Crippen LogP contribution in [0.1, 0.15) is 159 Å². The van der Waals surface area contributed by atoms with Gasteiger partial charge in [-0.05, 0) is 183 Å². The monoisotopic (exact) mass is 2190 g/mol. The highest BCUT2D eigenvalue weighted by Crippen LogP contribution is 2.42. The van der Waals surface area contributed by atoms with Gasteiger partial charge in [-0.15, -0.1) is 0 Å². The van der Waals surface area contributed by atoms with Crippen molar-refractivity contribution in [1.29, 1.82) is 5.26 Å². The van der Waals surface area contributed by atoms with Crippen molar-refractivity contribution >= 4 is 117 Å². The molecule has 47 heteroatoms. The molecule has 6 atom stereocenters. The lowest BCUT2D eigenvalue weighted by atomic mass is 9.96. The number of nitrogens with two attached hydrogens (primary N) is 4. The fraction of sp³-hybridized carbons (Fsp3) is 0.416. The highest BCUT2D eigenvalue weighted by atomic mass is 79.9. The predicted molar refractivity (Wildman–Crippen MR) is 577 cm³/mol. The number of nitriles is 1. The number of pyridine rings is 2. The Bertz CT molecular complexity index is 7600. The first-order chi connectivity index (χ1) is 72.5. The van der Waals surface area contributed by atoms with Gasteiger partial charge in [-0.2, -0.15) is 78.2 Å². The van der Waals surface area contributed by atoms with Crippen molar-refractivity contribution in [1.82, 2.24) is 169 Å². The van der Waals surface area contributed by atoms with Crippen LogP contribution in [0.5, 0.6) is 0 Å². The molecule has 7 aliphatic heterocycles. The van der Waals surface area contributed by atoms with Crippen molar-refractivity contribution < 1.29 is 14.4 Å². The molecule has 18 aromatic heterocycles. The third kappa shape index (κ3) is 22.5. The number of aromatic nitrogens is 27. The predicted octanol–water partition coefficient (Wildman–Crippen LogP) is 11.3. The van der Waals surface area contributed by atoms with Gasteiger partial charge in [-0.1, -0.05) is 11.2 Å². The van der Waals surface area contributed by atoms with Crippen molar-refractivity contribution in [2.24, 2.45) is 14.1 Å². The molecule has 0 bridgehead atoms. The van der Waals surface area contributed by atoms with E-state index in [1.165, 1.54) is 25.5 Å².